The highest BCUT2D eigenvalue weighted by Crippen LogP contribution is 2.68. The van der Waals surface area contributed by atoms with Crippen LogP contribution in [0.3, 0.4) is 0 Å². The van der Waals surface area contributed by atoms with Gasteiger partial charge in [-0.05, 0) is 104 Å². The summed E-state index contributed by atoms with van der Waals surface area (Å²) in [6.07, 6.45) is 12.1. The third-order valence-corrected chi connectivity index (χ3v) is 10.5. The Labute approximate surface area is 172 Å². The highest BCUT2D eigenvalue weighted by atomic mass is 16.3. The van der Waals surface area contributed by atoms with Crippen molar-refractivity contribution in [3.63, 3.8) is 0 Å². The van der Waals surface area contributed by atoms with Crippen LogP contribution in [-0.4, -0.2) is 34.1 Å². The van der Waals surface area contributed by atoms with Gasteiger partial charge in [-0.3, -0.25) is 0 Å². The standard InChI is InChI=1S/C25H44O3/c1-16(6-4-5-13-26)19-7-8-20-18-15-23(28)22-14-17(27)9-11-25(22,3)21(18)10-12-24(19,20)2/h16-23,26-28H,4-15H2,1-3H3/t16-,17-,18?,19-,20?,21?,22+,23+,24-,25-/m1/s1. The van der Waals surface area contributed by atoms with Gasteiger partial charge in [0.05, 0.1) is 12.2 Å². The molecule has 0 radical (unpaired) electrons. The van der Waals surface area contributed by atoms with Crippen molar-refractivity contribution in [3.8, 4) is 0 Å². The molecule has 4 fully saturated rings. The van der Waals surface area contributed by atoms with Crippen molar-refractivity contribution in [2.45, 2.75) is 104 Å². The highest BCUT2D eigenvalue weighted by Gasteiger charge is 2.62. The van der Waals surface area contributed by atoms with E-state index in [1.54, 1.807) is 0 Å². The molecule has 0 bridgehead atoms. The van der Waals surface area contributed by atoms with Crippen LogP contribution in [-0.2, 0) is 0 Å². The van der Waals surface area contributed by atoms with Gasteiger partial charge in [-0.2, -0.15) is 0 Å². The van der Waals surface area contributed by atoms with Crippen LogP contribution in [0.5, 0.6) is 0 Å². The molecule has 4 aliphatic carbocycles. The largest absolute Gasteiger partial charge is 0.396 e. The quantitative estimate of drug-likeness (QED) is 0.590. The first-order valence-electron chi connectivity index (χ1n) is 12.3. The molecule has 4 saturated carbocycles. The molecule has 3 heteroatoms. The van der Waals surface area contributed by atoms with E-state index in [9.17, 15) is 10.2 Å². The average Bonchev–Trinajstić information content (AvgIpc) is 3.01. The van der Waals surface area contributed by atoms with E-state index in [0.29, 0.717) is 23.9 Å². The molecule has 0 aromatic rings. The summed E-state index contributed by atoms with van der Waals surface area (Å²) in [5.74, 6) is 4.06. The van der Waals surface area contributed by atoms with Crippen LogP contribution < -0.4 is 0 Å². The van der Waals surface area contributed by atoms with Gasteiger partial charge < -0.3 is 15.3 Å². The molecule has 0 saturated heterocycles. The van der Waals surface area contributed by atoms with Gasteiger partial charge in [0, 0.05) is 6.61 Å². The van der Waals surface area contributed by atoms with Crippen molar-refractivity contribution < 1.29 is 15.3 Å². The Bertz CT molecular complexity index is 550. The molecule has 0 heterocycles. The number of rotatable bonds is 5. The highest BCUT2D eigenvalue weighted by molar-refractivity contribution is 5.11. The minimum atomic E-state index is -0.218. The fraction of sp³-hybridized carbons (Fsp3) is 1.00. The molecular weight excluding hydrogens is 348 g/mol. The lowest BCUT2D eigenvalue weighted by Crippen LogP contribution is -2.58. The van der Waals surface area contributed by atoms with Crippen molar-refractivity contribution in [1.29, 1.82) is 0 Å². The first-order valence-corrected chi connectivity index (χ1v) is 12.3. The van der Waals surface area contributed by atoms with E-state index < -0.39 is 0 Å². The summed E-state index contributed by atoms with van der Waals surface area (Å²) in [6.45, 7) is 7.82. The van der Waals surface area contributed by atoms with Crippen LogP contribution in [0.4, 0.5) is 0 Å². The van der Waals surface area contributed by atoms with Gasteiger partial charge in [0.25, 0.3) is 0 Å². The van der Waals surface area contributed by atoms with E-state index in [1.807, 2.05) is 0 Å². The van der Waals surface area contributed by atoms with E-state index in [0.717, 1.165) is 62.2 Å². The summed E-state index contributed by atoms with van der Waals surface area (Å²) in [7, 11) is 0. The third-order valence-electron chi connectivity index (χ3n) is 10.5. The van der Waals surface area contributed by atoms with E-state index in [-0.39, 0.29) is 17.6 Å². The van der Waals surface area contributed by atoms with Gasteiger partial charge in [0.2, 0.25) is 0 Å². The Morgan fingerprint density at radius 2 is 1.57 bits per heavy atom. The lowest BCUT2D eigenvalue weighted by atomic mass is 9.44. The first kappa shape index (κ1) is 21.1. The summed E-state index contributed by atoms with van der Waals surface area (Å²) in [5.41, 5.74) is 0.671. The Morgan fingerprint density at radius 3 is 2.32 bits per heavy atom. The van der Waals surface area contributed by atoms with E-state index in [4.69, 9.17) is 5.11 Å². The van der Waals surface area contributed by atoms with Crippen LogP contribution in [0.1, 0.15) is 91.4 Å². The number of hydrogen-bond donors (Lipinski definition) is 3. The maximum absolute atomic E-state index is 11.1. The van der Waals surface area contributed by atoms with Crippen molar-refractivity contribution in [3.05, 3.63) is 0 Å². The molecule has 0 aromatic carbocycles. The number of hydrogen-bond acceptors (Lipinski definition) is 3. The fourth-order valence-corrected chi connectivity index (χ4v) is 9.03. The van der Waals surface area contributed by atoms with Crippen molar-refractivity contribution in [2.24, 2.45) is 46.3 Å². The molecule has 3 N–H and O–H groups in total. The molecule has 0 spiro atoms. The Morgan fingerprint density at radius 1 is 0.857 bits per heavy atom. The molecule has 10 atom stereocenters. The normalized spacial score (nSPS) is 51.9. The smallest absolute Gasteiger partial charge is 0.0577 e. The molecule has 0 amide bonds. The van der Waals surface area contributed by atoms with E-state index in [1.165, 1.54) is 32.1 Å². The van der Waals surface area contributed by atoms with Gasteiger partial charge in [0.1, 0.15) is 0 Å². The Balaban J connectivity index is 1.52. The number of aliphatic hydroxyl groups is 3. The predicted octanol–water partition coefficient (Wildman–Crippen LogP) is 4.78. The minimum absolute atomic E-state index is 0.200. The van der Waals surface area contributed by atoms with Gasteiger partial charge in [-0.25, -0.2) is 0 Å². The maximum atomic E-state index is 11.1. The summed E-state index contributed by atoms with van der Waals surface area (Å²) < 4.78 is 0. The summed E-state index contributed by atoms with van der Waals surface area (Å²) in [5, 5.41) is 30.5. The van der Waals surface area contributed by atoms with Crippen LogP contribution in [0.25, 0.3) is 0 Å². The number of unbranched alkanes of at least 4 members (excludes halogenated alkanes) is 1. The molecule has 3 nitrogen and oxygen atoms in total. The van der Waals surface area contributed by atoms with E-state index in [2.05, 4.69) is 20.8 Å². The van der Waals surface area contributed by atoms with Gasteiger partial charge in [-0.15, -0.1) is 0 Å². The molecular formula is C25H44O3. The molecule has 162 valence electrons. The lowest BCUT2D eigenvalue weighted by molar-refractivity contribution is -0.172. The monoisotopic (exact) mass is 392 g/mol. The van der Waals surface area contributed by atoms with Gasteiger partial charge >= 0.3 is 0 Å². The average molecular weight is 393 g/mol. The molecule has 0 aromatic heterocycles. The number of fused-ring (bicyclic) bond motifs is 5. The molecule has 3 unspecified atom stereocenters. The summed E-state index contributed by atoms with van der Waals surface area (Å²) >= 11 is 0. The third kappa shape index (κ3) is 3.28. The minimum Gasteiger partial charge on any atom is -0.396 e. The second kappa shape index (κ2) is 7.85. The van der Waals surface area contributed by atoms with E-state index >= 15 is 0 Å². The second-order valence-corrected chi connectivity index (χ2v) is 11.6. The summed E-state index contributed by atoms with van der Waals surface area (Å²) in [4.78, 5) is 0. The van der Waals surface area contributed by atoms with Crippen LogP contribution >= 0.6 is 0 Å². The molecule has 4 rings (SSSR count). The topological polar surface area (TPSA) is 60.7 Å². The summed E-state index contributed by atoms with van der Waals surface area (Å²) in [6, 6.07) is 0. The maximum Gasteiger partial charge on any atom is 0.0577 e. The SMILES string of the molecule is C[C@H](CCCCO)[C@H]1CCC2C3C[C@H](O)[C@@H]4C[C@H](O)CC[C@]4(C)C3CC[C@@]21C. The van der Waals surface area contributed by atoms with Crippen molar-refractivity contribution in [1.82, 2.24) is 0 Å². The van der Waals surface area contributed by atoms with Gasteiger partial charge in [0.15, 0.2) is 0 Å². The molecule has 0 aliphatic heterocycles. The first-order chi connectivity index (χ1) is 13.3. The van der Waals surface area contributed by atoms with Crippen LogP contribution in [0, 0.1) is 46.3 Å². The number of aliphatic hydroxyl groups excluding tert-OH is 3. The van der Waals surface area contributed by atoms with Crippen molar-refractivity contribution >= 4 is 0 Å². The molecule has 4 aliphatic rings. The Hall–Kier alpha value is -0.120. The zero-order valence-corrected chi connectivity index (χ0v) is 18.4. The lowest BCUT2D eigenvalue weighted by Gasteiger charge is -2.62. The zero-order chi connectivity index (χ0) is 20.1. The predicted molar refractivity (Wildman–Crippen MR) is 113 cm³/mol. The zero-order valence-electron chi connectivity index (χ0n) is 18.4. The fourth-order valence-electron chi connectivity index (χ4n) is 9.03. The second-order valence-electron chi connectivity index (χ2n) is 11.6. The molecule has 28 heavy (non-hydrogen) atoms. The van der Waals surface area contributed by atoms with Gasteiger partial charge in [-0.1, -0.05) is 33.6 Å². The van der Waals surface area contributed by atoms with Crippen LogP contribution in [0.15, 0.2) is 0 Å². The van der Waals surface area contributed by atoms with Crippen LogP contribution in [0.2, 0.25) is 0 Å². The Kier molecular flexibility index (Phi) is 5.92. The van der Waals surface area contributed by atoms with Crippen molar-refractivity contribution in [2.75, 3.05) is 6.61 Å².